The van der Waals surface area contributed by atoms with E-state index >= 15 is 0 Å². The number of benzene rings is 1. The SMILES string of the molecule is COCCCC(N)Cc1cccc(F)c1. The van der Waals surface area contributed by atoms with Crippen molar-refractivity contribution in [2.75, 3.05) is 13.7 Å². The normalized spacial score (nSPS) is 12.7. The predicted molar refractivity (Wildman–Crippen MR) is 59.2 cm³/mol. The molecule has 1 atom stereocenters. The van der Waals surface area contributed by atoms with Crippen molar-refractivity contribution in [3.8, 4) is 0 Å². The highest BCUT2D eigenvalue weighted by atomic mass is 19.1. The van der Waals surface area contributed by atoms with Crippen molar-refractivity contribution in [1.82, 2.24) is 0 Å². The van der Waals surface area contributed by atoms with Gasteiger partial charge in [-0.3, -0.25) is 0 Å². The molecule has 0 amide bonds. The van der Waals surface area contributed by atoms with Gasteiger partial charge in [0.15, 0.2) is 0 Å². The second kappa shape index (κ2) is 6.53. The zero-order chi connectivity index (χ0) is 11.1. The maximum Gasteiger partial charge on any atom is 0.123 e. The molecule has 1 rings (SSSR count). The minimum absolute atomic E-state index is 0.0851. The molecule has 0 aliphatic heterocycles. The van der Waals surface area contributed by atoms with E-state index in [1.54, 1.807) is 13.2 Å². The molecular formula is C12H18FNO. The van der Waals surface area contributed by atoms with Crippen LogP contribution in [0.2, 0.25) is 0 Å². The lowest BCUT2D eigenvalue weighted by Crippen LogP contribution is -2.23. The monoisotopic (exact) mass is 211 g/mol. The topological polar surface area (TPSA) is 35.2 Å². The number of nitrogens with two attached hydrogens (primary N) is 1. The third-order valence-electron chi connectivity index (χ3n) is 2.31. The Bertz CT molecular complexity index is 291. The Morgan fingerprint density at radius 2 is 2.27 bits per heavy atom. The van der Waals surface area contributed by atoms with Gasteiger partial charge in [0.25, 0.3) is 0 Å². The molecule has 0 spiro atoms. The number of rotatable bonds is 6. The van der Waals surface area contributed by atoms with Gasteiger partial charge in [0, 0.05) is 19.8 Å². The lowest BCUT2D eigenvalue weighted by Gasteiger charge is -2.11. The fourth-order valence-electron chi connectivity index (χ4n) is 1.56. The van der Waals surface area contributed by atoms with E-state index in [2.05, 4.69) is 0 Å². The average Bonchev–Trinajstić information content (AvgIpc) is 2.18. The fraction of sp³-hybridized carbons (Fsp3) is 0.500. The summed E-state index contributed by atoms with van der Waals surface area (Å²) >= 11 is 0. The number of methoxy groups -OCH3 is 1. The second-order valence-electron chi connectivity index (χ2n) is 3.73. The number of hydrogen-bond acceptors (Lipinski definition) is 2. The summed E-state index contributed by atoms with van der Waals surface area (Å²) in [6.07, 6.45) is 2.58. The van der Waals surface area contributed by atoms with Crippen LogP contribution in [0.3, 0.4) is 0 Å². The zero-order valence-electron chi connectivity index (χ0n) is 9.08. The predicted octanol–water partition coefficient (Wildman–Crippen LogP) is 2.12. The summed E-state index contributed by atoms with van der Waals surface area (Å²) in [7, 11) is 1.68. The molecule has 2 N–H and O–H groups in total. The quantitative estimate of drug-likeness (QED) is 0.731. The highest BCUT2D eigenvalue weighted by Gasteiger charge is 2.04. The smallest absolute Gasteiger partial charge is 0.123 e. The van der Waals surface area contributed by atoms with E-state index in [1.807, 2.05) is 6.07 Å². The lowest BCUT2D eigenvalue weighted by atomic mass is 10.0. The van der Waals surface area contributed by atoms with E-state index in [0.717, 1.165) is 31.4 Å². The molecule has 0 aliphatic rings. The van der Waals surface area contributed by atoms with Crippen molar-refractivity contribution in [1.29, 1.82) is 0 Å². The summed E-state index contributed by atoms with van der Waals surface area (Å²) in [6.45, 7) is 0.733. The van der Waals surface area contributed by atoms with Crippen molar-refractivity contribution >= 4 is 0 Å². The molecule has 0 bridgehead atoms. The molecule has 84 valence electrons. The van der Waals surface area contributed by atoms with Crippen LogP contribution in [0, 0.1) is 5.82 Å². The minimum atomic E-state index is -0.198. The highest BCUT2D eigenvalue weighted by Crippen LogP contribution is 2.08. The zero-order valence-corrected chi connectivity index (χ0v) is 9.08. The number of halogens is 1. The van der Waals surface area contributed by atoms with Gasteiger partial charge in [-0.1, -0.05) is 12.1 Å². The Balaban J connectivity index is 2.34. The highest BCUT2D eigenvalue weighted by molar-refractivity contribution is 5.17. The summed E-state index contributed by atoms with van der Waals surface area (Å²) in [5.74, 6) is -0.198. The summed E-state index contributed by atoms with van der Waals surface area (Å²) in [4.78, 5) is 0. The minimum Gasteiger partial charge on any atom is -0.385 e. The summed E-state index contributed by atoms with van der Waals surface area (Å²) in [5, 5.41) is 0. The Hall–Kier alpha value is -0.930. The Morgan fingerprint density at radius 1 is 1.47 bits per heavy atom. The maximum absolute atomic E-state index is 12.9. The van der Waals surface area contributed by atoms with Crippen LogP contribution >= 0.6 is 0 Å². The first-order chi connectivity index (χ1) is 7.22. The Kier molecular flexibility index (Phi) is 5.29. The lowest BCUT2D eigenvalue weighted by molar-refractivity contribution is 0.190. The largest absolute Gasteiger partial charge is 0.385 e. The first-order valence-corrected chi connectivity index (χ1v) is 5.21. The van der Waals surface area contributed by atoms with E-state index in [1.165, 1.54) is 12.1 Å². The molecule has 1 aromatic carbocycles. The Labute approximate surface area is 90.2 Å². The molecule has 1 unspecified atom stereocenters. The van der Waals surface area contributed by atoms with Gasteiger partial charge in [-0.15, -0.1) is 0 Å². The van der Waals surface area contributed by atoms with Crippen molar-refractivity contribution in [2.24, 2.45) is 5.73 Å². The van der Waals surface area contributed by atoms with E-state index in [9.17, 15) is 4.39 Å². The van der Waals surface area contributed by atoms with Crippen molar-refractivity contribution in [3.05, 3.63) is 35.6 Å². The molecule has 0 fully saturated rings. The molecule has 0 heterocycles. The summed E-state index contributed by atoms with van der Waals surface area (Å²) in [5.41, 5.74) is 6.88. The number of hydrogen-bond donors (Lipinski definition) is 1. The maximum atomic E-state index is 12.9. The third-order valence-corrected chi connectivity index (χ3v) is 2.31. The van der Waals surface area contributed by atoms with Crippen LogP contribution in [-0.2, 0) is 11.2 Å². The molecule has 0 saturated heterocycles. The van der Waals surface area contributed by atoms with Crippen LogP contribution in [-0.4, -0.2) is 19.8 Å². The molecular weight excluding hydrogens is 193 g/mol. The van der Waals surface area contributed by atoms with E-state index < -0.39 is 0 Å². The van der Waals surface area contributed by atoms with Crippen molar-refractivity contribution < 1.29 is 9.13 Å². The van der Waals surface area contributed by atoms with Gasteiger partial charge in [0.1, 0.15) is 5.82 Å². The van der Waals surface area contributed by atoms with Crippen LogP contribution < -0.4 is 5.73 Å². The van der Waals surface area contributed by atoms with Gasteiger partial charge < -0.3 is 10.5 Å². The Morgan fingerprint density at radius 3 is 2.93 bits per heavy atom. The van der Waals surface area contributed by atoms with Gasteiger partial charge in [-0.05, 0) is 37.0 Å². The molecule has 3 heteroatoms. The standard InChI is InChI=1S/C12H18FNO/c1-15-7-3-6-12(14)9-10-4-2-5-11(13)8-10/h2,4-5,8,12H,3,6-7,9,14H2,1H3. The van der Waals surface area contributed by atoms with Gasteiger partial charge in [0.2, 0.25) is 0 Å². The van der Waals surface area contributed by atoms with E-state index in [0.29, 0.717) is 0 Å². The molecule has 2 nitrogen and oxygen atoms in total. The summed E-state index contributed by atoms with van der Waals surface area (Å²) < 4.78 is 17.8. The first kappa shape index (κ1) is 12.1. The number of ether oxygens (including phenoxy) is 1. The molecule has 0 aromatic heterocycles. The third kappa shape index (κ3) is 4.91. The fourth-order valence-corrected chi connectivity index (χ4v) is 1.56. The van der Waals surface area contributed by atoms with E-state index in [-0.39, 0.29) is 11.9 Å². The van der Waals surface area contributed by atoms with Crippen LogP contribution in [0.15, 0.2) is 24.3 Å². The average molecular weight is 211 g/mol. The van der Waals surface area contributed by atoms with Crippen molar-refractivity contribution in [3.63, 3.8) is 0 Å². The van der Waals surface area contributed by atoms with Crippen molar-refractivity contribution in [2.45, 2.75) is 25.3 Å². The van der Waals surface area contributed by atoms with Crippen LogP contribution in [0.4, 0.5) is 4.39 Å². The van der Waals surface area contributed by atoms with Gasteiger partial charge in [0.05, 0.1) is 0 Å². The van der Waals surface area contributed by atoms with Crippen LogP contribution in [0.1, 0.15) is 18.4 Å². The molecule has 0 radical (unpaired) electrons. The van der Waals surface area contributed by atoms with Crippen LogP contribution in [0.5, 0.6) is 0 Å². The first-order valence-electron chi connectivity index (χ1n) is 5.21. The molecule has 0 aliphatic carbocycles. The van der Waals surface area contributed by atoms with E-state index in [4.69, 9.17) is 10.5 Å². The van der Waals surface area contributed by atoms with Gasteiger partial charge >= 0.3 is 0 Å². The van der Waals surface area contributed by atoms with Gasteiger partial charge in [-0.2, -0.15) is 0 Å². The second-order valence-corrected chi connectivity index (χ2v) is 3.73. The summed E-state index contributed by atoms with van der Waals surface area (Å²) in [6, 6.07) is 6.68. The molecule has 15 heavy (non-hydrogen) atoms. The molecule has 0 saturated carbocycles. The molecule has 1 aromatic rings. The van der Waals surface area contributed by atoms with Gasteiger partial charge in [-0.25, -0.2) is 4.39 Å². The van der Waals surface area contributed by atoms with Crippen LogP contribution in [0.25, 0.3) is 0 Å².